The van der Waals surface area contributed by atoms with E-state index in [2.05, 4.69) is 4.98 Å². The summed E-state index contributed by atoms with van der Waals surface area (Å²) in [4.78, 5) is 14.1. The van der Waals surface area contributed by atoms with Gasteiger partial charge in [0.1, 0.15) is 11.4 Å². The summed E-state index contributed by atoms with van der Waals surface area (Å²) in [6.07, 6.45) is 1.15. The molecule has 3 heteroatoms. The summed E-state index contributed by atoms with van der Waals surface area (Å²) >= 11 is 5.72. The molecular weight excluding hydrogens is 162 g/mol. The van der Waals surface area contributed by atoms with Crippen LogP contribution in [0.4, 0.5) is 0 Å². The lowest BCUT2D eigenvalue weighted by Crippen LogP contribution is -1.92. The van der Waals surface area contributed by atoms with E-state index in [4.69, 9.17) is 11.6 Å². The first-order valence-electron chi connectivity index (χ1n) is 3.29. The third-order valence-corrected chi connectivity index (χ3v) is 1.77. The first-order chi connectivity index (χ1) is 5.24. The summed E-state index contributed by atoms with van der Waals surface area (Å²) in [5, 5.41) is 0.476. The predicted octanol–water partition coefficient (Wildman–Crippen LogP) is 1.78. The minimum absolute atomic E-state index is 0.333. The second kappa shape index (κ2) is 3.49. The van der Waals surface area contributed by atoms with Crippen LogP contribution in [0.2, 0.25) is 5.15 Å². The Morgan fingerprint density at radius 1 is 1.64 bits per heavy atom. The minimum Gasteiger partial charge on any atom is -0.303 e. The number of aldehydes is 1. The van der Waals surface area contributed by atoms with E-state index in [1.165, 1.54) is 0 Å². The van der Waals surface area contributed by atoms with Crippen LogP contribution in [-0.4, -0.2) is 11.3 Å². The Balaban J connectivity index is 2.95. The van der Waals surface area contributed by atoms with Crippen molar-refractivity contribution in [2.75, 3.05) is 0 Å². The second-order valence-electron chi connectivity index (χ2n) is 2.28. The molecule has 0 saturated heterocycles. The Labute approximate surface area is 70.2 Å². The van der Waals surface area contributed by atoms with E-state index in [0.717, 1.165) is 17.5 Å². The topological polar surface area (TPSA) is 30.0 Å². The van der Waals surface area contributed by atoms with Gasteiger partial charge in [-0.3, -0.25) is 0 Å². The molecule has 0 spiro atoms. The molecule has 0 radical (unpaired) electrons. The van der Waals surface area contributed by atoms with Gasteiger partial charge < -0.3 is 4.79 Å². The van der Waals surface area contributed by atoms with Gasteiger partial charge in [0.25, 0.3) is 0 Å². The van der Waals surface area contributed by atoms with E-state index in [0.29, 0.717) is 11.6 Å². The SMILES string of the molecule is Cc1ccc(CC=O)nc1Cl. The van der Waals surface area contributed by atoms with Gasteiger partial charge in [0, 0.05) is 12.1 Å². The Morgan fingerprint density at radius 3 is 2.91 bits per heavy atom. The molecule has 0 fully saturated rings. The molecule has 0 aliphatic carbocycles. The van der Waals surface area contributed by atoms with Crippen LogP contribution in [0.25, 0.3) is 0 Å². The maximum absolute atomic E-state index is 10.1. The fourth-order valence-corrected chi connectivity index (χ4v) is 0.912. The zero-order valence-corrected chi connectivity index (χ0v) is 6.93. The number of nitrogens with zero attached hydrogens (tertiary/aromatic N) is 1. The van der Waals surface area contributed by atoms with Crippen molar-refractivity contribution in [1.29, 1.82) is 0 Å². The number of aromatic nitrogens is 1. The summed E-state index contributed by atoms with van der Waals surface area (Å²) < 4.78 is 0. The maximum atomic E-state index is 10.1. The summed E-state index contributed by atoms with van der Waals surface area (Å²) in [6, 6.07) is 3.66. The Kier molecular flexibility index (Phi) is 2.60. The molecule has 1 heterocycles. The normalized spacial score (nSPS) is 9.64. The minimum atomic E-state index is 0.333. The maximum Gasteiger partial charge on any atom is 0.132 e. The van der Waals surface area contributed by atoms with Crippen molar-refractivity contribution in [3.8, 4) is 0 Å². The van der Waals surface area contributed by atoms with E-state index in [1.807, 2.05) is 13.0 Å². The van der Waals surface area contributed by atoms with Crippen LogP contribution in [0.5, 0.6) is 0 Å². The number of carbonyl (C=O) groups excluding carboxylic acids is 1. The first-order valence-corrected chi connectivity index (χ1v) is 3.67. The van der Waals surface area contributed by atoms with Crippen molar-refractivity contribution < 1.29 is 4.79 Å². The van der Waals surface area contributed by atoms with E-state index in [-0.39, 0.29) is 0 Å². The van der Waals surface area contributed by atoms with E-state index >= 15 is 0 Å². The second-order valence-corrected chi connectivity index (χ2v) is 2.64. The molecule has 0 N–H and O–H groups in total. The largest absolute Gasteiger partial charge is 0.303 e. The Hall–Kier alpha value is -0.890. The van der Waals surface area contributed by atoms with Gasteiger partial charge in [0.05, 0.1) is 0 Å². The lowest BCUT2D eigenvalue weighted by atomic mass is 10.2. The van der Waals surface area contributed by atoms with Crippen LogP contribution in [0.1, 0.15) is 11.3 Å². The number of carbonyl (C=O) groups is 1. The summed E-state index contributed by atoms with van der Waals surface area (Å²) in [5.41, 5.74) is 1.65. The lowest BCUT2D eigenvalue weighted by Gasteiger charge is -1.97. The van der Waals surface area contributed by atoms with Crippen molar-refractivity contribution in [3.63, 3.8) is 0 Å². The van der Waals surface area contributed by atoms with E-state index < -0.39 is 0 Å². The van der Waals surface area contributed by atoms with Gasteiger partial charge in [-0.05, 0) is 18.6 Å². The van der Waals surface area contributed by atoms with Crippen molar-refractivity contribution in [3.05, 3.63) is 28.5 Å². The Morgan fingerprint density at radius 2 is 2.36 bits per heavy atom. The number of aryl methyl sites for hydroxylation is 1. The molecule has 0 aromatic carbocycles. The van der Waals surface area contributed by atoms with Crippen LogP contribution >= 0.6 is 11.6 Å². The molecular formula is C8H8ClNO. The molecule has 11 heavy (non-hydrogen) atoms. The monoisotopic (exact) mass is 169 g/mol. The molecule has 0 amide bonds. The molecule has 2 nitrogen and oxygen atoms in total. The van der Waals surface area contributed by atoms with Crippen LogP contribution in [0, 0.1) is 6.92 Å². The third kappa shape index (κ3) is 2.02. The van der Waals surface area contributed by atoms with Gasteiger partial charge in [0.15, 0.2) is 0 Å². The highest BCUT2D eigenvalue weighted by atomic mass is 35.5. The molecule has 0 atom stereocenters. The van der Waals surface area contributed by atoms with E-state index in [9.17, 15) is 4.79 Å². The van der Waals surface area contributed by atoms with Crippen LogP contribution < -0.4 is 0 Å². The summed E-state index contributed by atoms with van der Waals surface area (Å²) in [7, 11) is 0. The standard InChI is InChI=1S/C8H8ClNO/c1-6-2-3-7(4-5-11)10-8(6)9/h2-3,5H,4H2,1H3. The molecule has 0 saturated carbocycles. The fourth-order valence-electron chi connectivity index (χ4n) is 0.741. The summed E-state index contributed by atoms with van der Waals surface area (Å²) in [5.74, 6) is 0. The van der Waals surface area contributed by atoms with E-state index in [1.54, 1.807) is 6.07 Å². The number of pyridine rings is 1. The highest BCUT2D eigenvalue weighted by Crippen LogP contribution is 2.11. The smallest absolute Gasteiger partial charge is 0.132 e. The van der Waals surface area contributed by atoms with Crippen molar-refractivity contribution in [2.24, 2.45) is 0 Å². The molecule has 1 aromatic heterocycles. The van der Waals surface area contributed by atoms with Gasteiger partial charge in [-0.25, -0.2) is 4.98 Å². The predicted molar refractivity (Wildman–Crippen MR) is 43.8 cm³/mol. The summed E-state index contributed by atoms with van der Waals surface area (Å²) in [6.45, 7) is 1.88. The molecule has 58 valence electrons. The molecule has 1 aromatic rings. The zero-order valence-electron chi connectivity index (χ0n) is 6.17. The average Bonchev–Trinajstić information content (AvgIpc) is 1.98. The molecule has 0 aliphatic heterocycles. The lowest BCUT2D eigenvalue weighted by molar-refractivity contribution is -0.107. The van der Waals surface area contributed by atoms with Crippen molar-refractivity contribution in [2.45, 2.75) is 13.3 Å². The third-order valence-electron chi connectivity index (χ3n) is 1.39. The van der Waals surface area contributed by atoms with Gasteiger partial charge in [-0.2, -0.15) is 0 Å². The fraction of sp³-hybridized carbons (Fsp3) is 0.250. The molecule has 0 aliphatic rings. The average molecular weight is 170 g/mol. The van der Waals surface area contributed by atoms with Gasteiger partial charge in [-0.15, -0.1) is 0 Å². The molecule has 0 bridgehead atoms. The van der Waals surface area contributed by atoms with Crippen molar-refractivity contribution in [1.82, 2.24) is 4.98 Å². The van der Waals surface area contributed by atoms with Gasteiger partial charge >= 0.3 is 0 Å². The number of hydrogen-bond acceptors (Lipinski definition) is 2. The van der Waals surface area contributed by atoms with Gasteiger partial charge in [0.2, 0.25) is 0 Å². The van der Waals surface area contributed by atoms with Crippen LogP contribution in [-0.2, 0) is 11.2 Å². The molecule has 1 rings (SSSR count). The number of rotatable bonds is 2. The number of halogens is 1. The van der Waals surface area contributed by atoms with Crippen LogP contribution in [0.3, 0.4) is 0 Å². The Bertz CT molecular complexity index is 273. The number of hydrogen-bond donors (Lipinski definition) is 0. The highest BCUT2D eigenvalue weighted by Gasteiger charge is 1.97. The first kappa shape index (κ1) is 8.21. The quantitative estimate of drug-likeness (QED) is 0.499. The van der Waals surface area contributed by atoms with Crippen LogP contribution in [0.15, 0.2) is 12.1 Å². The van der Waals surface area contributed by atoms with Crippen molar-refractivity contribution >= 4 is 17.9 Å². The van der Waals surface area contributed by atoms with Gasteiger partial charge in [-0.1, -0.05) is 17.7 Å². The zero-order chi connectivity index (χ0) is 8.27. The molecule has 0 unspecified atom stereocenters. The highest BCUT2D eigenvalue weighted by molar-refractivity contribution is 6.30.